The Morgan fingerprint density at radius 3 is 2.18 bits per heavy atom. The van der Waals surface area contributed by atoms with Crippen molar-refractivity contribution in [3.63, 3.8) is 0 Å². The van der Waals surface area contributed by atoms with Gasteiger partial charge >= 0.3 is 0 Å². The van der Waals surface area contributed by atoms with Crippen LogP contribution in [-0.2, 0) is 16.2 Å². The molecule has 2 aliphatic carbocycles. The molecule has 0 bridgehead atoms. The summed E-state index contributed by atoms with van der Waals surface area (Å²) in [5.74, 6) is 0.839. The highest BCUT2D eigenvalue weighted by molar-refractivity contribution is 6.06. The third-order valence-electron chi connectivity index (χ3n) is 7.52. The summed E-state index contributed by atoms with van der Waals surface area (Å²) in [4.78, 5) is 39.6. The van der Waals surface area contributed by atoms with Crippen molar-refractivity contribution in [3.05, 3.63) is 86.2 Å². The van der Waals surface area contributed by atoms with Gasteiger partial charge in [-0.1, -0.05) is 18.2 Å². The molecule has 2 aromatic rings. The fourth-order valence-electron chi connectivity index (χ4n) is 5.94. The molecular formula is C30H32N2O6. The monoisotopic (exact) mass is 516 g/mol. The van der Waals surface area contributed by atoms with Gasteiger partial charge in [0.1, 0.15) is 6.61 Å². The van der Waals surface area contributed by atoms with E-state index in [1.54, 1.807) is 12.1 Å². The van der Waals surface area contributed by atoms with E-state index >= 15 is 0 Å². The molecule has 2 aromatic carbocycles. The molecule has 1 heterocycles. The third-order valence-corrected chi connectivity index (χ3v) is 7.52. The smallest absolute Gasteiger partial charge is 0.269 e. The van der Waals surface area contributed by atoms with E-state index in [4.69, 9.17) is 9.47 Å². The first kappa shape index (κ1) is 25.7. The number of Topliss-reactive ketones (excluding diaryl/α,β-unsaturated/α-hetero) is 2. The Morgan fingerprint density at radius 2 is 1.58 bits per heavy atom. The van der Waals surface area contributed by atoms with Crippen molar-refractivity contribution < 1.29 is 24.0 Å². The van der Waals surface area contributed by atoms with Crippen LogP contribution >= 0.6 is 0 Å². The zero-order valence-electron chi connectivity index (χ0n) is 21.8. The Balaban J connectivity index is 1.54. The van der Waals surface area contributed by atoms with Crippen LogP contribution in [0.4, 0.5) is 5.69 Å². The van der Waals surface area contributed by atoms with Crippen molar-refractivity contribution in [1.82, 2.24) is 4.90 Å². The zero-order valence-corrected chi connectivity index (χ0v) is 21.8. The third kappa shape index (κ3) is 4.71. The van der Waals surface area contributed by atoms with Gasteiger partial charge in [-0.15, -0.1) is 0 Å². The lowest BCUT2D eigenvalue weighted by Crippen LogP contribution is -2.39. The molecule has 3 aliphatic rings. The molecule has 0 fully saturated rings. The zero-order chi connectivity index (χ0) is 26.8. The van der Waals surface area contributed by atoms with Crippen molar-refractivity contribution in [2.24, 2.45) is 0 Å². The highest BCUT2D eigenvalue weighted by Gasteiger charge is 2.43. The predicted molar refractivity (Wildman–Crippen MR) is 142 cm³/mol. The van der Waals surface area contributed by atoms with Gasteiger partial charge in [-0.3, -0.25) is 19.7 Å². The Morgan fingerprint density at radius 1 is 0.895 bits per heavy atom. The van der Waals surface area contributed by atoms with E-state index < -0.39 is 10.8 Å². The number of allylic oxidation sites excluding steroid dienone is 4. The van der Waals surface area contributed by atoms with Crippen molar-refractivity contribution in [1.29, 1.82) is 0 Å². The fraction of sp³-hybridized carbons (Fsp3) is 0.400. The van der Waals surface area contributed by atoms with Crippen LogP contribution in [0.15, 0.2) is 65.0 Å². The van der Waals surface area contributed by atoms with Gasteiger partial charge in [-0.2, -0.15) is 0 Å². The first-order valence-electron chi connectivity index (χ1n) is 13.4. The molecule has 0 spiro atoms. The number of non-ortho nitro benzene ring substituents is 1. The molecule has 0 saturated carbocycles. The maximum atomic E-state index is 13.3. The minimum Gasteiger partial charge on any atom is -0.490 e. The normalized spacial score (nSPS) is 17.9. The van der Waals surface area contributed by atoms with E-state index in [9.17, 15) is 19.7 Å². The lowest BCUT2D eigenvalue weighted by molar-refractivity contribution is -0.384. The van der Waals surface area contributed by atoms with Crippen LogP contribution in [0, 0.1) is 10.1 Å². The molecule has 0 saturated heterocycles. The summed E-state index contributed by atoms with van der Waals surface area (Å²) in [6, 6.07) is 11.9. The van der Waals surface area contributed by atoms with Gasteiger partial charge in [0.15, 0.2) is 23.1 Å². The molecule has 1 aliphatic heterocycles. The summed E-state index contributed by atoms with van der Waals surface area (Å²) in [7, 11) is 0. The van der Waals surface area contributed by atoms with Crippen LogP contribution in [0.1, 0.15) is 69.4 Å². The van der Waals surface area contributed by atoms with E-state index in [1.807, 2.05) is 25.1 Å². The van der Waals surface area contributed by atoms with Gasteiger partial charge in [0, 0.05) is 60.0 Å². The molecule has 0 radical (unpaired) electrons. The second kappa shape index (κ2) is 10.8. The summed E-state index contributed by atoms with van der Waals surface area (Å²) < 4.78 is 12.0. The maximum Gasteiger partial charge on any atom is 0.269 e. The first-order valence-corrected chi connectivity index (χ1v) is 13.4. The topological polar surface area (TPSA) is 99.0 Å². The number of carbonyl (C=O) groups is 2. The molecule has 0 aromatic heterocycles. The molecule has 38 heavy (non-hydrogen) atoms. The number of nitrogens with zero attached hydrogens (tertiary/aromatic N) is 2. The Labute approximate surface area is 222 Å². The fourth-order valence-corrected chi connectivity index (χ4v) is 5.94. The second-order valence-electron chi connectivity index (χ2n) is 9.81. The summed E-state index contributed by atoms with van der Waals surface area (Å²) >= 11 is 0. The van der Waals surface area contributed by atoms with Gasteiger partial charge in [0.25, 0.3) is 5.69 Å². The number of benzene rings is 2. The first-order chi connectivity index (χ1) is 18.4. The van der Waals surface area contributed by atoms with Gasteiger partial charge in [0.2, 0.25) is 0 Å². The molecule has 5 rings (SSSR count). The summed E-state index contributed by atoms with van der Waals surface area (Å²) in [6.45, 7) is 5.24. The van der Waals surface area contributed by atoms with Crippen molar-refractivity contribution in [2.75, 3.05) is 13.2 Å². The van der Waals surface area contributed by atoms with Gasteiger partial charge < -0.3 is 14.4 Å². The molecule has 0 atom stereocenters. The largest absolute Gasteiger partial charge is 0.490 e. The van der Waals surface area contributed by atoms with E-state index in [0.29, 0.717) is 36.5 Å². The van der Waals surface area contributed by atoms with E-state index in [-0.39, 0.29) is 23.9 Å². The van der Waals surface area contributed by atoms with E-state index in [2.05, 4.69) is 11.8 Å². The van der Waals surface area contributed by atoms with Crippen molar-refractivity contribution in [3.8, 4) is 11.5 Å². The Hall–Kier alpha value is -3.94. The molecule has 0 unspecified atom stereocenters. The Bertz CT molecular complexity index is 1310. The standard InChI is InChI=1S/C30H32N2O6/c1-3-31-22-10-6-12-24(33)29(22)28(30-23(31)11-7-13-25(30)34)20-14-15-26(27(17-20)37-4-2)38-18-19-8-5-9-21(16-19)32(35)36/h5,8-9,14-17,28H,3-4,6-7,10-13,18H2,1-2H3. The molecule has 198 valence electrons. The lowest BCUT2D eigenvalue weighted by atomic mass is 9.71. The number of nitro groups is 1. The minimum absolute atomic E-state index is 0.00681. The predicted octanol–water partition coefficient (Wildman–Crippen LogP) is 6.01. The average Bonchev–Trinajstić information content (AvgIpc) is 2.92. The van der Waals surface area contributed by atoms with Gasteiger partial charge in [-0.05, 0) is 62.8 Å². The molecule has 0 N–H and O–H groups in total. The number of rotatable bonds is 8. The number of carbonyl (C=O) groups excluding carboxylic acids is 2. The summed E-state index contributed by atoms with van der Waals surface area (Å²) in [6.07, 6.45) is 4.30. The van der Waals surface area contributed by atoms with Crippen LogP contribution in [0.3, 0.4) is 0 Å². The maximum absolute atomic E-state index is 13.3. The van der Waals surface area contributed by atoms with Crippen molar-refractivity contribution >= 4 is 17.3 Å². The number of ketones is 2. The van der Waals surface area contributed by atoms with Crippen molar-refractivity contribution in [2.45, 2.75) is 64.9 Å². The molecule has 8 nitrogen and oxygen atoms in total. The van der Waals surface area contributed by atoms with Crippen LogP contribution in [0.25, 0.3) is 0 Å². The quantitative estimate of drug-likeness (QED) is 0.313. The SMILES string of the molecule is CCOc1cc(C2C3=C(CCCC3=O)N(CC)C3=C2C(=O)CCC3)ccc1OCc1cccc([N+](=O)[O-])c1. The summed E-state index contributed by atoms with van der Waals surface area (Å²) in [5, 5.41) is 11.1. The average molecular weight is 517 g/mol. The minimum atomic E-state index is -0.432. The van der Waals surface area contributed by atoms with Gasteiger partial charge in [0.05, 0.1) is 11.5 Å². The summed E-state index contributed by atoms with van der Waals surface area (Å²) in [5.41, 5.74) is 5.14. The van der Waals surface area contributed by atoms with Crippen LogP contribution in [0.5, 0.6) is 11.5 Å². The number of hydrogen-bond donors (Lipinski definition) is 0. The molecular weight excluding hydrogens is 484 g/mol. The number of ether oxygens (including phenoxy) is 2. The highest BCUT2D eigenvalue weighted by Crippen LogP contribution is 2.50. The van der Waals surface area contributed by atoms with Crippen LogP contribution in [0.2, 0.25) is 0 Å². The van der Waals surface area contributed by atoms with E-state index in [0.717, 1.165) is 60.3 Å². The lowest BCUT2D eigenvalue weighted by Gasteiger charge is -2.43. The van der Waals surface area contributed by atoms with Crippen LogP contribution in [-0.4, -0.2) is 34.5 Å². The highest BCUT2D eigenvalue weighted by atomic mass is 16.6. The second-order valence-corrected chi connectivity index (χ2v) is 9.81. The number of nitro benzene ring substituents is 1. The molecule has 0 amide bonds. The number of hydrogen-bond acceptors (Lipinski definition) is 7. The Kier molecular flexibility index (Phi) is 7.31. The van der Waals surface area contributed by atoms with E-state index in [1.165, 1.54) is 12.1 Å². The van der Waals surface area contributed by atoms with Gasteiger partial charge in [-0.25, -0.2) is 0 Å². The molecule has 8 heteroatoms. The van der Waals surface area contributed by atoms with Crippen LogP contribution < -0.4 is 9.47 Å².